The lowest BCUT2D eigenvalue weighted by molar-refractivity contribution is -0.182. The van der Waals surface area contributed by atoms with Gasteiger partial charge in [-0.1, -0.05) is 63.8 Å². The number of benzene rings is 2. The second kappa shape index (κ2) is 12.9. The standard InChI is InChI=1S/C27H36F2O3/c1-3-5-7-8-20-11-16-25(31-18-20)32-19-21-9-12-22(13-10-21)23-14-15-24(27(29)26(23)28)30-17-6-4-2/h9-10,12-15,20,25H,3-8,11,16-19H2,1-2H3. The summed E-state index contributed by atoms with van der Waals surface area (Å²) >= 11 is 0. The monoisotopic (exact) mass is 446 g/mol. The average molecular weight is 447 g/mol. The van der Waals surface area contributed by atoms with Crippen molar-refractivity contribution in [1.29, 1.82) is 0 Å². The number of ether oxygens (including phenoxy) is 3. The zero-order chi connectivity index (χ0) is 22.8. The third-order valence-corrected chi connectivity index (χ3v) is 6.05. The fourth-order valence-corrected chi connectivity index (χ4v) is 3.99. The van der Waals surface area contributed by atoms with E-state index in [2.05, 4.69) is 6.92 Å². The third-order valence-electron chi connectivity index (χ3n) is 6.05. The summed E-state index contributed by atoms with van der Waals surface area (Å²) in [5, 5.41) is 0. The first kappa shape index (κ1) is 24.7. The molecule has 2 atom stereocenters. The predicted molar refractivity (Wildman–Crippen MR) is 124 cm³/mol. The lowest BCUT2D eigenvalue weighted by Crippen LogP contribution is -2.28. The van der Waals surface area contributed by atoms with E-state index in [4.69, 9.17) is 14.2 Å². The minimum Gasteiger partial charge on any atom is -0.490 e. The Labute approximate surface area is 191 Å². The molecule has 0 N–H and O–H groups in total. The number of hydrogen-bond donors (Lipinski definition) is 0. The molecule has 1 aliphatic heterocycles. The van der Waals surface area contributed by atoms with Crippen LogP contribution in [0.3, 0.4) is 0 Å². The summed E-state index contributed by atoms with van der Waals surface area (Å²) in [6, 6.07) is 10.4. The van der Waals surface area contributed by atoms with Gasteiger partial charge in [0.25, 0.3) is 0 Å². The molecule has 1 heterocycles. The lowest BCUT2D eigenvalue weighted by atomic mass is 9.95. The summed E-state index contributed by atoms with van der Waals surface area (Å²) in [7, 11) is 0. The van der Waals surface area contributed by atoms with Crippen LogP contribution in [0.1, 0.15) is 70.8 Å². The molecule has 0 amide bonds. The van der Waals surface area contributed by atoms with Gasteiger partial charge in [-0.15, -0.1) is 0 Å². The van der Waals surface area contributed by atoms with Crippen molar-refractivity contribution in [2.75, 3.05) is 13.2 Å². The van der Waals surface area contributed by atoms with Crippen molar-refractivity contribution in [3.05, 3.63) is 53.6 Å². The normalized spacial score (nSPS) is 18.6. The van der Waals surface area contributed by atoms with Crippen LogP contribution in [0.2, 0.25) is 0 Å². The Morgan fingerprint density at radius 2 is 1.69 bits per heavy atom. The minimum absolute atomic E-state index is 0.0372. The molecule has 3 rings (SSSR count). The summed E-state index contributed by atoms with van der Waals surface area (Å²) in [6.45, 7) is 5.84. The Hall–Kier alpha value is -1.98. The van der Waals surface area contributed by atoms with Gasteiger partial charge in [-0.3, -0.25) is 0 Å². The Balaban J connectivity index is 1.50. The summed E-state index contributed by atoms with van der Waals surface area (Å²) < 4.78 is 46.1. The van der Waals surface area contributed by atoms with Gasteiger partial charge in [0.2, 0.25) is 5.82 Å². The average Bonchev–Trinajstić information content (AvgIpc) is 2.82. The van der Waals surface area contributed by atoms with Gasteiger partial charge >= 0.3 is 0 Å². The van der Waals surface area contributed by atoms with E-state index < -0.39 is 11.6 Å². The van der Waals surface area contributed by atoms with Crippen molar-refractivity contribution < 1.29 is 23.0 Å². The molecule has 2 unspecified atom stereocenters. The van der Waals surface area contributed by atoms with Crippen LogP contribution < -0.4 is 4.74 Å². The number of halogens is 2. The van der Waals surface area contributed by atoms with E-state index in [-0.39, 0.29) is 17.6 Å². The van der Waals surface area contributed by atoms with Crippen LogP contribution in [0.25, 0.3) is 11.1 Å². The Kier molecular flexibility index (Phi) is 9.94. The highest BCUT2D eigenvalue weighted by Gasteiger charge is 2.22. The molecule has 0 spiro atoms. The first-order chi connectivity index (χ1) is 15.6. The first-order valence-electron chi connectivity index (χ1n) is 12.1. The zero-order valence-corrected chi connectivity index (χ0v) is 19.4. The summed E-state index contributed by atoms with van der Waals surface area (Å²) in [6.07, 6.45) is 8.71. The van der Waals surface area contributed by atoms with Crippen LogP contribution in [0.5, 0.6) is 5.75 Å². The number of hydrogen-bond acceptors (Lipinski definition) is 3. The SMILES string of the molecule is CCCCCC1CCC(OCc2ccc(-c3ccc(OCCCC)c(F)c3F)cc2)OC1. The van der Waals surface area contributed by atoms with Gasteiger partial charge in [0.1, 0.15) is 0 Å². The van der Waals surface area contributed by atoms with E-state index in [1.807, 2.05) is 19.1 Å². The van der Waals surface area contributed by atoms with Gasteiger partial charge in [0, 0.05) is 5.56 Å². The van der Waals surface area contributed by atoms with Crippen molar-refractivity contribution >= 4 is 0 Å². The summed E-state index contributed by atoms with van der Waals surface area (Å²) in [4.78, 5) is 0. The van der Waals surface area contributed by atoms with E-state index in [0.717, 1.165) is 37.9 Å². The molecule has 176 valence electrons. The van der Waals surface area contributed by atoms with Crippen molar-refractivity contribution in [2.24, 2.45) is 5.92 Å². The highest BCUT2D eigenvalue weighted by molar-refractivity contribution is 5.65. The van der Waals surface area contributed by atoms with Crippen molar-refractivity contribution in [2.45, 2.75) is 78.1 Å². The van der Waals surface area contributed by atoms with Crippen molar-refractivity contribution in [3.63, 3.8) is 0 Å². The molecule has 0 radical (unpaired) electrons. The molecule has 2 aromatic carbocycles. The number of unbranched alkanes of at least 4 members (excludes halogenated alkanes) is 3. The van der Waals surface area contributed by atoms with Crippen LogP contribution in [0, 0.1) is 17.6 Å². The highest BCUT2D eigenvalue weighted by atomic mass is 19.2. The number of rotatable bonds is 12. The molecule has 0 aromatic heterocycles. The van der Waals surface area contributed by atoms with Crippen LogP contribution in [0.4, 0.5) is 8.78 Å². The molecular formula is C27H36F2O3. The Morgan fingerprint density at radius 1 is 0.906 bits per heavy atom. The van der Waals surface area contributed by atoms with Gasteiger partial charge < -0.3 is 14.2 Å². The molecule has 1 fully saturated rings. The van der Waals surface area contributed by atoms with E-state index in [1.54, 1.807) is 18.2 Å². The topological polar surface area (TPSA) is 27.7 Å². The molecule has 0 aliphatic carbocycles. The van der Waals surface area contributed by atoms with Crippen molar-refractivity contribution in [1.82, 2.24) is 0 Å². The fourth-order valence-electron chi connectivity index (χ4n) is 3.99. The highest BCUT2D eigenvalue weighted by Crippen LogP contribution is 2.30. The third kappa shape index (κ3) is 7.01. The zero-order valence-electron chi connectivity index (χ0n) is 19.4. The second-order valence-corrected chi connectivity index (χ2v) is 8.65. The van der Waals surface area contributed by atoms with E-state index >= 15 is 0 Å². The van der Waals surface area contributed by atoms with Gasteiger partial charge in [-0.2, -0.15) is 4.39 Å². The second-order valence-electron chi connectivity index (χ2n) is 8.65. The minimum atomic E-state index is -0.937. The first-order valence-corrected chi connectivity index (χ1v) is 12.1. The summed E-state index contributed by atoms with van der Waals surface area (Å²) in [5.74, 6) is -1.20. The molecule has 1 aliphatic rings. The van der Waals surface area contributed by atoms with Crippen LogP contribution in [-0.4, -0.2) is 19.5 Å². The molecule has 5 heteroatoms. The molecule has 2 aromatic rings. The smallest absolute Gasteiger partial charge is 0.201 e. The quantitative estimate of drug-likeness (QED) is 0.313. The van der Waals surface area contributed by atoms with Gasteiger partial charge in [-0.05, 0) is 54.9 Å². The largest absolute Gasteiger partial charge is 0.490 e. The lowest BCUT2D eigenvalue weighted by Gasteiger charge is -2.29. The van der Waals surface area contributed by atoms with Crippen LogP contribution in [0.15, 0.2) is 36.4 Å². The molecule has 0 bridgehead atoms. The van der Waals surface area contributed by atoms with E-state index in [1.165, 1.54) is 31.7 Å². The van der Waals surface area contributed by atoms with Gasteiger partial charge in [0.05, 0.1) is 19.8 Å². The molecule has 32 heavy (non-hydrogen) atoms. The summed E-state index contributed by atoms with van der Waals surface area (Å²) in [5.41, 5.74) is 1.82. The molecule has 0 saturated carbocycles. The van der Waals surface area contributed by atoms with E-state index in [9.17, 15) is 8.78 Å². The molecule has 1 saturated heterocycles. The maximum atomic E-state index is 14.6. The van der Waals surface area contributed by atoms with Crippen LogP contribution in [-0.2, 0) is 16.1 Å². The van der Waals surface area contributed by atoms with Gasteiger partial charge in [-0.25, -0.2) is 4.39 Å². The van der Waals surface area contributed by atoms with Gasteiger partial charge in [0.15, 0.2) is 17.9 Å². The maximum absolute atomic E-state index is 14.6. The molecular weight excluding hydrogens is 410 g/mol. The maximum Gasteiger partial charge on any atom is 0.201 e. The molecule has 3 nitrogen and oxygen atoms in total. The predicted octanol–water partition coefficient (Wildman–Crippen LogP) is 7.66. The van der Waals surface area contributed by atoms with Crippen LogP contribution >= 0.6 is 0 Å². The fraction of sp³-hybridized carbons (Fsp3) is 0.556. The Bertz CT molecular complexity index is 814. The van der Waals surface area contributed by atoms with Crippen molar-refractivity contribution in [3.8, 4) is 16.9 Å². The van der Waals surface area contributed by atoms with E-state index in [0.29, 0.717) is 24.7 Å². The Morgan fingerprint density at radius 3 is 2.38 bits per heavy atom.